The molecule has 188 valence electrons. The van der Waals surface area contributed by atoms with Gasteiger partial charge in [0.2, 0.25) is 11.7 Å². The quantitative estimate of drug-likeness (QED) is 0.351. The number of carbonyl (C=O) groups is 3. The Balaban J connectivity index is 2.17. The summed E-state index contributed by atoms with van der Waals surface area (Å²) in [7, 11) is 0. The molecule has 7 nitrogen and oxygen atoms in total. The lowest BCUT2D eigenvalue weighted by molar-refractivity contribution is -0.193. The second-order valence-corrected chi connectivity index (χ2v) is 7.15. The molecule has 0 spiro atoms. The molecule has 3 rings (SSSR count). The number of carboxylic acids is 1. The van der Waals surface area contributed by atoms with Gasteiger partial charge < -0.3 is 15.2 Å². The number of alkyl halides is 2. The maximum atomic E-state index is 14.6. The van der Waals surface area contributed by atoms with E-state index in [0.717, 1.165) is 6.92 Å². The van der Waals surface area contributed by atoms with Crippen molar-refractivity contribution in [1.29, 1.82) is 0 Å². The zero-order chi connectivity index (χ0) is 26.4. The van der Waals surface area contributed by atoms with Crippen molar-refractivity contribution in [2.45, 2.75) is 25.5 Å². The lowest BCUT2D eigenvalue weighted by Crippen LogP contribution is -2.57. The number of aliphatic carboxylic acids is 1. The minimum absolute atomic E-state index is 0.0594. The lowest BCUT2D eigenvalue weighted by atomic mass is 10.00. The van der Waals surface area contributed by atoms with Crippen LogP contribution < -0.4 is 15.0 Å². The highest BCUT2D eigenvalue weighted by Gasteiger charge is 2.53. The Morgan fingerprint density at radius 3 is 2.11 bits per heavy atom. The molecule has 0 saturated carbocycles. The normalized spacial score (nSPS) is 15.3. The van der Waals surface area contributed by atoms with Crippen LogP contribution in [0.15, 0.2) is 12.1 Å². The average molecular weight is 512 g/mol. The molecule has 2 amide bonds. The fourth-order valence-corrected chi connectivity index (χ4v) is 3.22. The minimum Gasteiger partial charge on any atom is -0.481 e. The van der Waals surface area contributed by atoms with E-state index < -0.39 is 100 Å². The monoisotopic (exact) mass is 512 g/mol. The van der Waals surface area contributed by atoms with Crippen LogP contribution in [0.1, 0.15) is 13.3 Å². The summed E-state index contributed by atoms with van der Waals surface area (Å²) in [5.74, 6) is -19.8. The van der Waals surface area contributed by atoms with Crippen LogP contribution >= 0.6 is 0 Å². The molecule has 0 fully saturated rings. The lowest BCUT2D eigenvalue weighted by Gasteiger charge is -2.36. The Kier molecular flexibility index (Phi) is 6.64. The van der Waals surface area contributed by atoms with Gasteiger partial charge in [0.15, 0.2) is 29.0 Å². The van der Waals surface area contributed by atoms with E-state index in [2.05, 4.69) is 10.1 Å². The highest BCUT2D eigenvalue weighted by Crippen LogP contribution is 2.45. The number of halogens is 8. The molecule has 1 heterocycles. The molecule has 2 aromatic rings. The van der Waals surface area contributed by atoms with Gasteiger partial charge in [-0.25, -0.2) is 26.3 Å². The van der Waals surface area contributed by atoms with Crippen molar-refractivity contribution >= 4 is 23.5 Å². The third-order valence-electron chi connectivity index (χ3n) is 4.90. The van der Waals surface area contributed by atoms with Crippen LogP contribution in [0.2, 0.25) is 0 Å². The summed E-state index contributed by atoms with van der Waals surface area (Å²) in [5, 5.41) is 10.7. The Hall–Kier alpha value is -3.91. The van der Waals surface area contributed by atoms with Crippen LogP contribution in [0.4, 0.5) is 40.8 Å². The summed E-state index contributed by atoms with van der Waals surface area (Å²) in [6, 6.07) is -1.43. The summed E-state index contributed by atoms with van der Waals surface area (Å²) in [6.45, 7) is 0.431. The topological polar surface area (TPSA) is 95.9 Å². The zero-order valence-corrected chi connectivity index (χ0v) is 17.2. The molecule has 0 aromatic heterocycles. The first-order valence-corrected chi connectivity index (χ1v) is 9.44. The fraction of sp³-hybridized carbons (Fsp3) is 0.250. The molecule has 15 heteroatoms. The predicted molar refractivity (Wildman–Crippen MR) is 99.4 cm³/mol. The number of rotatable bonds is 6. The van der Waals surface area contributed by atoms with E-state index in [9.17, 15) is 49.5 Å². The van der Waals surface area contributed by atoms with Gasteiger partial charge >= 0.3 is 18.0 Å². The Morgan fingerprint density at radius 1 is 1.03 bits per heavy atom. The number of carbonyl (C=O) groups excluding carboxylic acids is 2. The van der Waals surface area contributed by atoms with Gasteiger partial charge in [-0.2, -0.15) is 8.78 Å². The number of hydrogen-bond acceptors (Lipinski definition) is 4. The van der Waals surface area contributed by atoms with Gasteiger partial charge in [0.05, 0.1) is 17.7 Å². The number of ether oxygens (including phenoxy) is 1. The molecule has 1 aliphatic heterocycles. The van der Waals surface area contributed by atoms with Crippen LogP contribution in [0, 0.1) is 34.9 Å². The predicted octanol–water partition coefficient (Wildman–Crippen LogP) is 3.49. The molecule has 2 aromatic carbocycles. The maximum Gasteiger partial charge on any atom is 0.483 e. The zero-order valence-electron chi connectivity index (χ0n) is 17.2. The highest BCUT2D eigenvalue weighted by atomic mass is 19.3. The van der Waals surface area contributed by atoms with Gasteiger partial charge in [0.25, 0.3) is 0 Å². The Morgan fingerprint density at radius 2 is 1.57 bits per heavy atom. The first-order chi connectivity index (χ1) is 16.2. The van der Waals surface area contributed by atoms with Gasteiger partial charge in [0.1, 0.15) is 11.9 Å². The van der Waals surface area contributed by atoms with Gasteiger partial charge in [-0.15, -0.1) is 0 Å². The first-order valence-electron chi connectivity index (χ1n) is 9.44. The Bertz CT molecular complexity index is 1220. The molecule has 1 unspecified atom stereocenters. The summed E-state index contributed by atoms with van der Waals surface area (Å²) in [4.78, 5) is 35.3. The van der Waals surface area contributed by atoms with Gasteiger partial charge in [-0.1, -0.05) is 0 Å². The van der Waals surface area contributed by atoms with E-state index in [1.807, 2.05) is 0 Å². The Labute approximate surface area is 189 Å². The number of fused-ring (bicyclic) bond motifs is 1. The molecule has 0 aliphatic carbocycles. The first kappa shape index (κ1) is 25.7. The van der Waals surface area contributed by atoms with Crippen molar-refractivity contribution in [2.75, 3.05) is 11.4 Å². The number of hydrogen-bond donors (Lipinski definition) is 2. The second-order valence-electron chi connectivity index (χ2n) is 7.15. The fourth-order valence-electron chi connectivity index (χ4n) is 3.22. The van der Waals surface area contributed by atoms with E-state index in [4.69, 9.17) is 5.11 Å². The molecule has 0 saturated heterocycles. The SMILES string of the molecule is CC(C(=O)NCCC(=O)O)N1C(=O)C(F)(F)Oc2cc(F)c(-c3c(F)c(F)c(F)c(F)c3F)cc21. The van der Waals surface area contributed by atoms with E-state index in [1.165, 1.54) is 0 Å². The van der Waals surface area contributed by atoms with E-state index in [-0.39, 0.29) is 11.0 Å². The molecule has 0 radical (unpaired) electrons. The average Bonchev–Trinajstić information content (AvgIpc) is 2.77. The van der Waals surface area contributed by atoms with Crippen molar-refractivity contribution < 1.29 is 59.4 Å². The summed E-state index contributed by atoms with van der Waals surface area (Å²) < 4.78 is 116. The van der Waals surface area contributed by atoms with Crippen molar-refractivity contribution in [2.24, 2.45) is 0 Å². The van der Waals surface area contributed by atoms with Gasteiger partial charge in [-0.3, -0.25) is 19.3 Å². The van der Waals surface area contributed by atoms with Crippen molar-refractivity contribution in [3.8, 4) is 16.9 Å². The molecular formula is C20H12F8N2O5. The van der Waals surface area contributed by atoms with Crippen LogP contribution in [-0.4, -0.2) is 41.6 Å². The number of nitrogens with one attached hydrogen (secondary N) is 1. The van der Waals surface area contributed by atoms with Crippen molar-refractivity contribution in [3.63, 3.8) is 0 Å². The summed E-state index contributed by atoms with van der Waals surface area (Å²) in [6.07, 6.45) is -5.21. The molecule has 0 bridgehead atoms. The van der Waals surface area contributed by atoms with Crippen LogP contribution in [0.3, 0.4) is 0 Å². The third kappa shape index (κ3) is 4.44. The van der Waals surface area contributed by atoms with Gasteiger partial charge in [0, 0.05) is 18.2 Å². The highest BCUT2D eigenvalue weighted by molar-refractivity contribution is 6.06. The molecule has 2 N–H and O–H groups in total. The van der Waals surface area contributed by atoms with Crippen molar-refractivity contribution in [3.05, 3.63) is 47.0 Å². The summed E-state index contributed by atoms with van der Waals surface area (Å²) in [5.41, 5.74) is -3.94. The number of carboxylic acid groups (broad SMARTS) is 1. The molecule has 35 heavy (non-hydrogen) atoms. The van der Waals surface area contributed by atoms with Crippen LogP contribution in [-0.2, 0) is 14.4 Å². The molecule has 1 aliphatic rings. The molecular weight excluding hydrogens is 500 g/mol. The van der Waals surface area contributed by atoms with Gasteiger partial charge in [-0.05, 0) is 13.0 Å². The minimum atomic E-state index is -4.64. The summed E-state index contributed by atoms with van der Waals surface area (Å²) >= 11 is 0. The maximum absolute atomic E-state index is 14.6. The number of benzene rings is 2. The largest absolute Gasteiger partial charge is 0.483 e. The third-order valence-corrected chi connectivity index (χ3v) is 4.90. The number of nitrogens with zero attached hydrogens (tertiary/aromatic N) is 1. The van der Waals surface area contributed by atoms with E-state index in [1.54, 1.807) is 0 Å². The van der Waals surface area contributed by atoms with Crippen LogP contribution in [0.25, 0.3) is 11.1 Å². The van der Waals surface area contributed by atoms with Crippen LogP contribution in [0.5, 0.6) is 5.75 Å². The number of anilines is 1. The van der Waals surface area contributed by atoms with Crippen molar-refractivity contribution in [1.82, 2.24) is 5.32 Å². The van der Waals surface area contributed by atoms with E-state index >= 15 is 0 Å². The second kappa shape index (κ2) is 9.03. The standard InChI is InChI=1S/C20H12F8N2O5/c1-6(18(33)29-3-2-11(31)32)30-9-4-7(8(21)5-10(9)35-20(27,28)19(30)34)12-13(22)15(24)17(26)16(25)14(12)23/h4-6H,2-3H2,1H3,(H,29,33)(H,31,32). The molecule has 1 atom stereocenters. The van der Waals surface area contributed by atoms with E-state index in [0.29, 0.717) is 6.07 Å². The number of amides is 2. The smallest absolute Gasteiger partial charge is 0.481 e.